The van der Waals surface area contributed by atoms with Crippen molar-refractivity contribution in [1.82, 2.24) is 9.29 Å². The minimum absolute atomic E-state index is 0.125. The summed E-state index contributed by atoms with van der Waals surface area (Å²) < 4.78 is 31.7. The number of aryl methyl sites for hydroxylation is 2. The van der Waals surface area contributed by atoms with Gasteiger partial charge in [0.1, 0.15) is 4.88 Å². The molecule has 0 saturated carbocycles. The average Bonchev–Trinajstić information content (AvgIpc) is 3.30. The SMILES string of the molecule is Cc1nc(C)c(C(=O)OCC(=O)Nc2cccc(S(=O)(=O)N3CCCC3)c2)s1. The van der Waals surface area contributed by atoms with E-state index >= 15 is 0 Å². The second-order valence-electron chi connectivity index (χ2n) is 6.41. The molecule has 1 fully saturated rings. The molecule has 2 heterocycles. The first-order valence-corrected chi connectivity index (χ1v) is 11.0. The van der Waals surface area contributed by atoms with Gasteiger partial charge in [-0.1, -0.05) is 6.07 Å². The molecule has 1 aliphatic heterocycles. The van der Waals surface area contributed by atoms with Crippen LogP contribution in [0.25, 0.3) is 0 Å². The smallest absolute Gasteiger partial charge is 0.350 e. The Balaban J connectivity index is 1.61. The van der Waals surface area contributed by atoms with Crippen LogP contribution in [0.4, 0.5) is 5.69 Å². The number of hydrogen-bond donors (Lipinski definition) is 1. The number of ether oxygens (including phenoxy) is 1. The molecule has 8 nitrogen and oxygen atoms in total. The summed E-state index contributed by atoms with van der Waals surface area (Å²) in [5.74, 6) is -1.16. The van der Waals surface area contributed by atoms with Gasteiger partial charge in [0.25, 0.3) is 5.91 Å². The molecule has 3 rings (SSSR count). The number of thiazole rings is 1. The number of carbonyl (C=O) groups excluding carboxylic acids is 2. The second-order valence-corrected chi connectivity index (χ2v) is 9.55. The van der Waals surface area contributed by atoms with Crippen molar-refractivity contribution in [2.24, 2.45) is 0 Å². The number of amides is 1. The Morgan fingerprint density at radius 1 is 1.25 bits per heavy atom. The summed E-state index contributed by atoms with van der Waals surface area (Å²) in [4.78, 5) is 28.8. The highest BCUT2D eigenvalue weighted by Gasteiger charge is 2.27. The molecule has 1 amide bonds. The predicted octanol–water partition coefficient (Wildman–Crippen LogP) is 2.34. The first-order valence-electron chi connectivity index (χ1n) is 8.78. The summed E-state index contributed by atoms with van der Waals surface area (Å²) in [7, 11) is -3.57. The van der Waals surface area contributed by atoms with Crippen LogP contribution in [0.1, 0.15) is 33.2 Å². The molecular weight excluding hydrogens is 402 g/mol. The van der Waals surface area contributed by atoms with E-state index in [1.165, 1.54) is 27.8 Å². The van der Waals surface area contributed by atoms with Gasteiger partial charge >= 0.3 is 5.97 Å². The molecule has 0 bridgehead atoms. The molecule has 0 spiro atoms. The number of anilines is 1. The van der Waals surface area contributed by atoms with Crippen LogP contribution in [0.5, 0.6) is 0 Å². The molecular formula is C18H21N3O5S2. The molecule has 1 aliphatic rings. The standard InChI is InChI=1S/C18H21N3O5S2/c1-12-17(27-13(2)19-12)18(23)26-11-16(22)20-14-6-5-7-15(10-14)28(24,25)21-8-3-4-9-21/h5-7,10H,3-4,8-9,11H2,1-2H3,(H,20,22). The lowest BCUT2D eigenvalue weighted by atomic mass is 10.3. The van der Waals surface area contributed by atoms with Gasteiger partial charge in [0.2, 0.25) is 10.0 Å². The fourth-order valence-corrected chi connectivity index (χ4v) is 5.30. The number of benzene rings is 1. The lowest BCUT2D eigenvalue weighted by Crippen LogP contribution is -2.28. The van der Waals surface area contributed by atoms with Gasteiger partial charge in [-0.2, -0.15) is 4.31 Å². The molecule has 0 aliphatic carbocycles. The highest BCUT2D eigenvalue weighted by atomic mass is 32.2. The third kappa shape index (κ3) is 4.57. The molecule has 1 aromatic carbocycles. The molecule has 1 saturated heterocycles. The van der Waals surface area contributed by atoms with Crippen molar-refractivity contribution < 1.29 is 22.7 Å². The summed E-state index contributed by atoms with van der Waals surface area (Å²) in [5, 5.41) is 3.30. The highest BCUT2D eigenvalue weighted by molar-refractivity contribution is 7.89. The third-order valence-corrected chi connectivity index (χ3v) is 7.19. The Labute approximate surface area is 167 Å². The molecule has 1 N–H and O–H groups in total. The summed E-state index contributed by atoms with van der Waals surface area (Å²) in [6.07, 6.45) is 1.69. The zero-order chi connectivity index (χ0) is 20.3. The van der Waals surface area contributed by atoms with Gasteiger partial charge in [-0.25, -0.2) is 18.2 Å². The number of esters is 1. The van der Waals surface area contributed by atoms with E-state index in [0.29, 0.717) is 29.3 Å². The second kappa shape index (κ2) is 8.38. The summed E-state index contributed by atoms with van der Waals surface area (Å²) >= 11 is 1.21. The number of rotatable bonds is 6. The predicted molar refractivity (Wildman–Crippen MR) is 105 cm³/mol. The van der Waals surface area contributed by atoms with Crippen molar-refractivity contribution >= 4 is 38.9 Å². The minimum Gasteiger partial charge on any atom is -0.451 e. The Kier molecular flexibility index (Phi) is 6.11. The maximum Gasteiger partial charge on any atom is 0.350 e. The number of nitrogens with zero attached hydrogens (tertiary/aromatic N) is 2. The third-order valence-electron chi connectivity index (χ3n) is 4.24. The largest absolute Gasteiger partial charge is 0.451 e. The maximum absolute atomic E-state index is 12.6. The normalized spacial score (nSPS) is 14.8. The van der Waals surface area contributed by atoms with Crippen molar-refractivity contribution in [2.75, 3.05) is 25.0 Å². The van der Waals surface area contributed by atoms with E-state index in [1.807, 2.05) is 0 Å². The minimum atomic E-state index is -3.57. The van der Waals surface area contributed by atoms with Gasteiger partial charge in [0.15, 0.2) is 6.61 Å². The number of carbonyl (C=O) groups is 2. The number of hydrogen-bond acceptors (Lipinski definition) is 7. The molecule has 1 aromatic heterocycles. The van der Waals surface area contributed by atoms with Crippen molar-refractivity contribution in [3.05, 3.63) is 39.8 Å². The van der Waals surface area contributed by atoms with Crippen molar-refractivity contribution in [2.45, 2.75) is 31.6 Å². The first kappa shape index (κ1) is 20.4. The Morgan fingerprint density at radius 3 is 2.61 bits per heavy atom. The quantitative estimate of drug-likeness (QED) is 0.715. The van der Waals surface area contributed by atoms with Crippen LogP contribution < -0.4 is 5.32 Å². The molecule has 2 aromatic rings. The average molecular weight is 424 g/mol. The van der Waals surface area contributed by atoms with Gasteiger partial charge in [-0.3, -0.25) is 4.79 Å². The molecule has 10 heteroatoms. The van der Waals surface area contributed by atoms with Crippen LogP contribution >= 0.6 is 11.3 Å². The monoisotopic (exact) mass is 423 g/mol. The van der Waals surface area contributed by atoms with Crippen LogP contribution in [0.2, 0.25) is 0 Å². The molecule has 0 atom stereocenters. The zero-order valence-corrected chi connectivity index (χ0v) is 17.2. The van der Waals surface area contributed by atoms with Crippen LogP contribution in [0.3, 0.4) is 0 Å². The first-order chi connectivity index (χ1) is 13.3. The van der Waals surface area contributed by atoms with E-state index in [0.717, 1.165) is 17.8 Å². The van der Waals surface area contributed by atoms with Crippen molar-refractivity contribution in [3.8, 4) is 0 Å². The summed E-state index contributed by atoms with van der Waals surface area (Å²) in [6.45, 7) is 4.02. The van der Waals surface area contributed by atoms with E-state index in [9.17, 15) is 18.0 Å². The summed E-state index contributed by atoms with van der Waals surface area (Å²) in [6, 6.07) is 6.05. The maximum atomic E-state index is 12.6. The lowest BCUT2D eigenvalue weighted by Gasteiger charge is -2.16. The fourth-order valence-electron chi connectivity index (χ4n) is 2.93. The van der Waals surface area contributed by atoms with Crippen LogP contribution in [0, 0.1) is 13.8 Å². The van der Waals surface area contributed by atoms with E-state index in [-0.39, 0.29) is 4.90 Å². The fraction of sp³-hybridized carbons (Fsp3) is 0.389. The molecule has 0 unspecified atom stereocenters. The Hall–Kier alpha value is -2.30. The lowest BCUT2D eigenvalue weighted by molar-refractivity contribution is -0.119. The highest BCUT2D eigenvalue weighted by Crippen LogP contribution is 2.23. The van der Waals surface area contributed by atoms with Crippen molar-refractivity contribution in [1.29, 1.82) is 0 Å². The van der Waals surface area contributed by atoms with Crippen molar-refractivity contribution in [3.63, 3.8) is 0 Å². The van der Waals surface area contributed by atoms with Crippen LogP contribution in [-0.2, 0) is 19.6 Å². The Bertz CT molecular complexity index is 994. The van der Waals surface area contributed by atoms with Gasteiger partial charge in [-0.05, 0) is 44.9 Å². The van der Waals surface area contributed by atoms with Gasteiger partial charge in [0, 0.05) is 18.8 Å². The topological polar surface area (TPSA) is 106 Å². The molecule has 150 valence electrons. The van der Waals surface area contributed by atoms with E-state index in [1.54, 1.807) is 26.0 Å². The van der Waals surface area contributed by atoms with Crippen LogP contribution in [-0.4, -0.2) is 49.3 Å². The number of sulfonamides is 1. The summed E-state index contributed by atoms with van der Waals surface area (Å²) in [5.41, 5.74) is 0.888. The van der Waals surface area contributed by atoms with Gasteiger partial charge in [0.05, 0.1) is 15.6 Å². The van der Waals surface area contributed by atoms with Gasteiger partial charge in [-0.15, -0.1) is 11.3 Å². The molecule has 0 radical (unpaired) electrons. The molecule has 28 heavy (non-hydrogen) atoms. The number of aromatic nitrogens is 1. The van der Waals surface area contributed by atoms with E-state index < -0.39 is 28.5 Å². The van der Waals surface area contributed by atoms with Crippen LogP contribution in [0.15, 0.2) is 29.2 Å². The van der Waals surface area contributed by atoms with Gasteiger partial charge < -0.3 is 10.1 Å². The number of nitrogens with one attached hydrogen (secondary N) is 1. The van der Waals surface area contributed by atoms with E-state index in [2.05, 4.69) is 10.3 Å². The zero-order valence-electron chi connectivity index (χ0n) is 15.6. The Morgan fingerprint density at radius 2 is 1.96 bits per heavy atom. The van der Waals surface area contributed by atoms with E-state index in [4.69, 9.17) is 4.74 Å².